The summed E-state index contributed by atoms with van der Waals surface area (Å²) in [6.07, 6.45) is 5.52. The molecular weight excluding hydrogens is 352 g/mol. The second-order valence-electron chi connectivity index (χ2n) is 6.88. The average Bonchev–Trinajstić information content (AvgIpc) is 2.92. The molecule has 0 fully saturated rings. The molecule has 1 atom stereocenters. The van der Waals surface area contributed by atoms with Gasteiger partial charge in [0.15, 0.2) is 0 Å². The molecule has 3 heterocycles. The number of hydrogen-bond donors (Lipinski definition) is 1. The number of nitrogens with zero attached hydrogens (tertiary/aromatic N) is 3. The Hall–Kier alpha value is -2.19. The number of carbonyl (C=O) groups is 1. The van der Waals surface area contributed by atoms with Crippen LogP contribution < -0.4 is 4.72 Å². The Morgan fingerprint density at radius 1 is 1.31 bits per heavy atom. The maximum absolute atomic E-state index is 12.9. The van der Waals surface area contributed by atoms with Crippen molar-refractivity contribution in [3.8, 4) is 0 Å². The van der Waals surface area contributed by atoms with Crippen LogP contribution in [0.4, 0.5) is 0 Å². The summed E-state index contributed by atoms with van der Waals surface area (Å²) in [6, 6.07) is 7.62. The zero-order chi connectivity index (χ0) is 18.7. The van der Waals surface area contributed by atoms with Gasteiger partial charge < -0.3 is 9.47 Å². The van der Waals surface area contributed by atoms with Gasteiger partial charge in [-0.15, -0.1) is 0 Å². The number of fused-ring (bicyclic) bond motifs is 1. The Kier molecular flexibility index (Phi) is 5.43. The van der Waals surface area contributed by atoms with Crippen molar-refractivity contribution in [3.63, 3.8) is 0 Å². The molecule has 1 amide bonds. The number of aryl methyl sites for hydroxylation is 1. The molecule has 1 N–H and O–H groups in total. The van der Waals surface area contributed by atoms with Gasteiger partial charge in [0.2, 0.25) is 10.0 Å². The van der Waals surface area contributed by atoms with E-state index in [-0.39, 0.29) is 11.8 Å². The summed E-state index contributed by atoms with van der Waals surface area (Å²) in [5, 5.41) is 0. The van der Waals surface area contributed by atoms with Crippen molar-refractivity contribution >= 4 is 15.9 Å². The Bertz CT molecular complexity index is 874. The number of sulfonamides is 1. The van der Waals surface area contributed by atoms with Crippen LogP contribution in [0.3, 0.4) is 0 Å². The molecule has 2 aromatic heterocycles. The van der Waals surface area contributed by atoms with Gasteiger partial charge in [-0.05, 0) is 43.0 Å². The number of aromatic nitrogens is 2. The lowest BCUT2D eigenvalue weighted by atomic mass is 10.1. The third-order valence-electron chi connectivity index (χ3n) is 4.54. The predicted octanol–water partition coefficient (Wildman–Crippen LogP) is 1.40. The Balaban J connectivity index is 1.76. The van der Waals surface area contributed by atoms with Gasteiger partial charge in [0.1, 0.15) is 5.69 Å². The third kappa shape index (κ3) is 4.70. The molecule has 0 aromatic carbocycles. The molecule has 0 spiro atoms. The number of rotatable bonds is 5. The van der Waals surface area contributed by atoms with E-state index in [1.165, 1.54) is 0 Å². The van der Waals surface area contributed by atoms with E-state index >= 15 is 0 Å². The van der Waals surface area contributed by atoms with Gasteiger partial charge in [0, 0.05) is 37.7 Å². The normalized spacial score (nSPS) is 17.6. The molecular formula is C18H24N4O3S. The lowest BCUT2D eigenvalue weighted by molar-refractivity contribution is 0.0713. The zero-order valence-corrected chi connectivity index (χ0v) is 15.9. The third-order valence-corrected chi connectivity index (χ3v) is 5.27. The van der Waals surface area contributed by atoms with Crippen molar-refractivity contribution in [2.24, 2.45) is 5.92 Å². The number of amides is 1. The van der Waals surface area contributed by atoms with Gasteiger partial charge in [-0.1, -0.05) is 6.07 Å². The fourth-order valence-electron chi connectivity index (χ4n) is 3.22. The standard InChI is InChI=1S/C18H24N4O3S/c1-14-5-6-17(19-10-14)18(23)22-12-15(7-8-20-26(2,24)25)11-21-9-3-4-16(21)13-22/h3-6,9-10,15,20H,7-8,11-13H2,1-2H3/t15-/m0/s1. The highest BCUT2D eigenvalue weighted by Gasteiger charge is 2.26. The van der Waals surface area contributed by atoms with Crippen molar-refractivity contribution in [3.05, 3.63) is 53.6 Å². The minimum absolute atomic E-state index is 0.0966. The minimum Gasteiger partial charge on any atom is -0.349 e. The largest absolute Gasteiger partial charge is 0.349 e. The van der Waals surface area contributed by atoms with Crippen molar-refractivity contribution < 1.29 is 13.2 Å². The van der Waals surface area contributed by atoms with E-state index in [1.807, 2.05) is 36.2 Å². The molecule has 7 nitrogen and oxygen atoms in total. The van der Waals surface area contributed by atoms with Crippen molar-refractivity contribution in [2.75, 3.05) is 19.3 Å². The highest BCUT2D eigenvalue weighted by atomic mass is 32.2. The Morgan fingerprint density at radius 2 is 2.12 bits per heavy atom. The summed E-state index contributed by atoms with van der Waals surface area (Å²) < 4.78 is 27.3. The second kappa shape index (κ2) is 7.59. The van der Waals surface area contributed by atoms with E-state index in [1.54, 1.807) is 12.3 Å². The van der Waals surface area contributed by atoms with E-state index in [0.717, 1.165) is 24.1 Å². The monoisotopic (exact) mass is 376 g/mol. The summed E-state index contributed by atoms with van der Waals surface area (Å²) in [6.45, 7) is 4.16. The molecule has 1 aliphatic heterocycles. The van der Waals surface area contributed by atoms with Crippen LogP contribution in [0.15, 0.2) is 36.7 Å². The smallest absolute Gasteiger partial charge is 0.272 e. The van der Waals surface area contributed by atoms with Crippen LogP contribution in [0, 0.1) is 12.8 Å². The molecule has 0 unspecified atom stereocenters. The average molecular weight is 376 g/mol. The van der Waals surface area contributed by atoms with E-state index in [2.05, 4.69) is 14.3 Å². The van der Waals surface area contributed by atoms with Crippen LogP contribution in [0.2, 0.25) is 0 Å². The highest BCUT2D eigenvalue weighted by Crippen LogP contribution is 2.20. The fourth-order valence-corrected chi connectivity index (χ4v) is 3.71. The number of pyridine rings is 1. The Labute approximate surface area is 154 Å². The van der Waals surface area contributed by atoms with Gasteiger partial charge in [-0.2, -0.15) is 0 Å². The predicted molar refractivity (Wildman–Crippen MR) is 99.1 cm³/mol. The molecule has 0 saturated carbocycles. The maximum Gasteiger partial charge on any atom is 0.272 e. The van der Waals surface area contributed by atoms with Gasteiger partial charge in [0.25, 0.3) is 5.91 Å². The van der Waals surface area contributed by atoms with Crippen molar-refractivity contribution in [2.45, 2.75) is 26.4 Å². The van der Waals surface area contributed by atoms with Crippen LogP contribution in [0.25, 0.3) is 0 Å². The minimum atomic E-state index is -3.21. The van der Waals surface area contributed by atoms with Crippen LogP contribution >= 0.6 is 0 Å². The molecule has 3 rings (SSSR count). The first-order chi connectivity index (χ1) is 12.3. The fraction of sp³-hybridized carbons (Fsp3) is 0.444. The van der Waals surface area contributed by atoms with Crippen LogP contribution in [-0.2, 0) is 23.1 Å². The SMILES string of the molecule is Cc1ccc(C(=O)N2Cc3cccn3C[C@H](CCNS(C)(=O)=O)C2)nc1. The first-order valence-electron chi connectivity index (χ1n) is 8.62. The van der Waals surface area contributed by atoms with Gasteiger partial charge in [0.05, 0.1) is 12.8 Å². The van der Waals surface area contributed by atoms with Crippen molar-refractivity contribution in [1.29, 1.82) is 0 Å². The van der Waals surface area contributed by atoms with Crippen LogP contribution in [0.5, 0.6) is 0 Å². The quantitative estimate of drug-likeness (QED) is 0.855. The van der Waals surface area contributed by atoms with Gasteiger partial charge in [-0.25, -0.2) is 13.1 Å². The summed E-state index contributed by atoms with van der Waals surface area (Å²) in [5.74, 6) is 0.0630. The summed E-state index contributed by atoms with van der Waals surface area (Å²) in [4.78, 5) is 19.0. The maximum atomic E-state index is 12.9. The highest BCUT2D eigenvalue weighted by molar-refractivity contribution is 7.88. The number of nitrogens with one attached hydrogen (secondary N) is 1. The van der Waals surface area contributed by atoms with Gasteiger partial charge >= 0.3 is 0 Å². The zero-order valence-electron chi connectivity index (χ0n) is 15.1. The lowest BCUT2D eigenvalue weighted by Gasteiger charge is -2.24. The molecule has 0 radical (unpaired) electrons. The first kappa shape index (κ1) is 18.6. The lowest BCUT2D eigenvalue weighted by Crippen LogP contribution is -2.35. The van der Waals surface area contributed by atoms with Crippen molar-refractivity contribution in [1.82, 2.24) is 19.2 Å². The summed E-state index contributed by atoms with van der Waals surface area (Å²) >= 11 is 0. The van der Waals surface area contributed by atoms with E-state index in [4.69, 9.17) is 0 Å². The molecule has 8 heteroatoms. The molecule has 2 aromatic rings. The molecule has 0 aliphatic carbocycles. The summed E-state index contributed by atoms with van der Waals surface area (Å²) in [7, 11) is -3.21. The van der Waals surface area contributed by atoms with Crippen LogP contribution in [0.1, 0.15) is 28.2 Å². The summed E-state index contributed by atoms with van der Waals surface area (Å²) in [5.41, 5.74) is 2.52. The molecule has 0 bridgehead atoms. The number of carbonyl (C=O) groups excluding carboxylic acids is 1. The molecule has 0 saturated heterocycles. The topological polar surface area (TPSA) is 84.3 Å². The van der Waals surface area contributed by atoms with Gasteiger partial charge in [-0.3, -0.25) is 9.78 Å². The molecule has 26 heavy (non-hydrogen) atoms. The first-order valence-corrected chi connectivity index (χ1v) is 10.5. The van der Waals surface area contributed by atoms with E-state index in [9.17, 15) is 13.2 Å². The van der Waals surface area contributed by atoms with E-state index < -0.39 is 10.0 Å². The van der Waals surface area contributed by atoms with Crippen LogP contribution in [-0.4, -0.2) is 48.1 Å². The number of hydrogen-bond acceptors (Lipinski definition) is 4. The molecule has 1 aliphatic rings. The Morgan fingerprint density at radius 3 is 2.81 bits per heavy atom. The second-order valence-corrected chi connectivity index (χ2v) is 8.71. The van der Waals surface area contributed by atoms with E-state index in [0.29, 0.717) is 31.7 Å². The molecule has 140 valence electrons.